The Bertz CT molecular complexity index is 1360. The lowest BCUT2D eigenvalue weighted by molar-refractivity contribution is -0.385. The molecule has 11 heteroatoms. The molecule has 1 heterocycles. The zero-order valence-electron chi connectivity index (χ0n) is 19.9. The summed E-state index contributed by atoms with van der Waals surface area (Å²) in [4.78, 5) is 39.9. The predicted octanol–water partition coefficient (Wildman–Crippen LogP) is 4.65. The van der Waals surface area contributed by atoms with Gasteiger partial charge in [-0.3, -0.25) is 25.0 Å². The molecule has 190 valence electrons. The van der Waals surface area contributed by atoms with E-state index in [9.17, 15) is 19.7 Å². The van der Waals surface area contributed by atoms with Gasteiger partial charge in [0.25, 0.3) is 17.5 Å². The number of carbonyl (C=O) groups excluding carboxylic acids is 2. The van der Waals surface area contributed by atoms with Gasteiger partial charge in [0, 0.05) is 54.6 Å². The molecule has 0 bridgehead atoms. The van der Waals surface area contributed by atoms with Gasteiger partial charge < -0.3 is 15.1 Å². The fourth-order valence-corrected chi connectivity index (χ4v) is 4.67. The summed E-state index contributed by atoms with van der Waals surface area (Å²) in [6.45, 7) is 3.96. The van der Waals surface area contributed by atoms with Crippen LogP contribution < -0.4 is 15.5 Å². The summed E-state index contributed by atoms with van der Waals surface area (Å²) in [5, 5.41) is 17.1. The molecule has 1 fully saturated rings. The topological polar surface area (TPSA) is 108 Å². The highest BCUT2D eigenvalue weighted by Crippen LogP contribution is 2.30. The Labute approximate surface area is 224 Å². The Balaban J connectivity index is 1.35. The molecule has 3 aromatic rings. The van der Waals surface area contributed by atoms with E-state index >= 15 is 0 Å². The molecule has 9 nitrogen and oxygen atoms in total. The number of nitro benzene ring substituents is 1. The number of nitrogens with one attached hydrogen (secondary N) is 2. The number of carbonyl (C=O) groups is 2. The van der Waals surface area contributed by atoms with Crippen molar-refractivity contribution in [2.75, 3.05) is 36.4 Å². The highest BCUT2D eigenvalue weighted by molar-refractivity contribution is 7.80. The number of amides is 2. The molecule has 0 radical (unpaired) electrons. The van der Waals surface area contributed by atoms with E-state index in [0.29, 0.717) is 42.5 Å². The minimum absolute atomic E-state index is 0.0155. The first-order valence-electron chi connectivity index (χ1n) is 11.5. The van der Waals surface area contributed by atoms with Crippen molar-refractivity contribution in [3.63, 3.8) is 0 Å². The van der Waals surface area contributed by atoms with Crippen LogP contribution in [0.25, 0.3) is 0 Å². The lowest BCUT2D eigenvalue weighted by Crippen LogP contribution is -2.48. The van der Waals surface area contributed by atoms with Crippen molar-refractivity contribution < 1.29 is 14.5 Å². The van der Waals surface area contributed by atoms with Crippen LogP contribution in [0.2, 0.25) is 5.02 Å². The van der Waals surface area contributed by atoms with Gasteiger partial charge in [0.2, 0.25) is 0 Å². The van der Waals surface area contributed by atoms with Crippen LogP contribution in [0.4, 0.5) is 17.1 Å². The Morgan fingerprint density at radius 3 is 2.35 bits per heavy atom. The first kappa shape index (κ1) is 26.1. The fourth-order valence-electron chi connectivity index (χ4n) is 4.15. The molecule has 2 amide bonds. The number of hydrogen-bond donors (Lipinski definition) is 2. The predicted molar refractivity (Wildman–Crippen MR) is 148 cm³/mol. The molecule has 0 atom stereocenters. The molecule has 1 aliphatic heterocycles. The molecular weight excluding hydrogens is 514 g/mol. The Morgan fingerprint density at radius 1 is 1.00 bits per heavy atom. The first-order valence-corrected chi connectivity index (χ1v) is 12.3. The number of rotatable bonds is 5. The monoisotopic (exact) mass is 537 g/mol. The highest BCUT2D eigenvalue weighted by atomic mass is 35.5. The molecule has 0 aliphatic carbocycles. The van der Waals surface area contributed by atoms with Crippen molar-refractivity contribution in [2.45, 2.75) is 6.92 Å². The minimum Gasteiger partial charge on any atom is -0.367 e. The number of benzene rings is 3. The number of nitro groups is 1. The number of piperazine rings is 1. The zero-order valence-corrected chi connectivity index (χ0v) is 21.5. The summed E-state index contributed by atoms with van der Waals surface area (Å²) in [7, 11) is 0. The normalized spacial score (nSPS) is 13.1. The molecule has 0 unspecified atom stereocenters. The average Bonchev–Trinajstić information content (AvgIpc) is 2.89. The summed E-state index contributed by atoms with van der Waals surface area (Å²) in [6, 6.07) is 18.9. The highest BCUT2D eigenvalue weighted by Gasteiger charge is 2.23. The van der Waals surface area contributed by atoms with Crippen molar-refractivity contribution in [1.82, 2.24) is 10.2 Å². The van der Waals surface area contributed by atoms with Gasteiger partial charge in [-0.2, -0.15) is 0 Å². The lowest BCUT2D eigenvalue weighted by Gasteiger charge is -2.36. The quantitative estimate of drug-likeness (QED) is 0.277. The molecule has 2 N–H and O–H groups in total. The van der Waals surface area contributed by atoms with E-state index in [1.807, 2.05) is 41.3 Å². The van der Waals surface area contributed by atoms with Gasteiger partial charge in [-0.25, -0.2) is 0 Å². The van der Waals surface area contributed by atoms with Gasteiger partial charge in [0.1, 0.15) is 0 Å². The van der Waals surface area contributed by atoms with Gasteiger partial charge in [0.15, 0.2) is 5.11 Å². The molecule has 0 aromatic heterocycles. The minimum atomic E-state index is -0.552. The number of hydrogen-bond acceptors (Lipinski definition) is 6. The Hall–Kier alpha value is -4.02. The zero-order chi connectivity index (χ0) is 26.5. The molecule has 1 aliphatic rings. The van der Waals surface area contributed by atoms with Crippen molar-refractivity contribution in [2.24, 2.45) is 0 Å². The van der Waals surface area contributed by atoms with Gasteiger partial charge in [0.05, 0.1) is 15.6 Å². The van der Waals surface area contributed by atoms with Crippen molar-refractivity contribution in [3.8, 4) is 0 Å². The van der Waals surface area contributed by atoms with Crippen LogP contribution >= 0.6 is 23.8 Å². The molecule has 4 rings (SSSR count). The van der Waals surface area contributed by atoms with E-state index in [4.69, 9.17) is 23.8 Å². The van der Waals surface area contributed by atoms with Gasteiger partial charge in [-0.1, -0.05) is 35.9 Å². The summed E-state index contributed by atoms with van der Waals surface area (Å²) in [5.41, 5.74) is 2.36. The molecule has 3 aromatic carbocycles. The third-order valence-corrected chi connectivity index (χ3v) is 6.61. The molecule has 0 spiro atoms. The van der Waals surface area contributed by atoms with Gasteiger partial charge >= 0.3 is 0 Å². The maximum absolute atomic E-state index is 12.7. The van der Waals surface area contributed by atoms with E-state index < -0.39 is 10.8 Å². The third-order valence-electron chi connectivity index (χ3n) is 6.11. The number of nitrogens with zero attached hydrogens (tertiary/aromatic N) is 3. The largest absolute Gasteiger partial charge is 0.367 e. The van der Waals surface area contributed by atoms with E-state index in [-0.39, 0.29) is 27.8 Å². The van der Waals surface area contributed by atoms with Crippen LogP contribution in [-0.4, -0.2) is 52.9 Å². The van der Waals surface area contributed by atoms with E-state index in [1.54, 1.807) is 12.1 Å². The second kappa shape index (κ2) is 11.4. The van der Waals surface area contributed by atoms with E-state index in [1.165, 1.54) is 25.1 Å². The smallest absolute Gasteiger partial charge is 0.273 e. The summed E-state index contributed by atoms with van der Waals surface area (Å²) in [6.07, 6.45) is 0. The van der Waals surface area contributed by atoms with Crippen molar-refractivity contribution >= 4 is 57.8 Å². The lowest BCUT2D eigenvalue weighted by atomic mass is 10.1. The van der Waals surface area contributed by atoms with Crippen LogP contribution in [0.15, 0.2) is 66.7 Å². The standard InChI is InChI=1S/C26H24ClN5O4S/c1-17-20(8-5-9-22(17)32(35)36)24(33)29-26(37)28-19-10-11-23(21(27)16-19)30-12-14-31(15-13-30)25(34)18-6-3-2-4-7-18/h2-11,16H,12-15H2,1H3,(H2,28,29,33,37). The maximum atomic E-state index is 12.7. The average molecular weight is 538 g/mol. The van der Waals surface area contributed by atoms with E-state index in [2.05, 4.69) is 15.5 Å². The van der Waals surface area contributed by atoms with Crippen molar-refractivity contribution in [1.29, 1.82) is 0 Å². The summed E-state index contributed by atoms with van der Waals surface area (Å²) >= 11 is 11.8. The van der Waals surface area contributed by atoms with Crippen LogP contribution in [0.5, 0.6) is 0 Å². The van der Waals surface area contributed by atoms with Crippen molar-refractivity contribution in [3.05, 3.63) is 98.6 Å². The number of thiocarbonyl (C=S) groups is 1. The fraction of sp³-hybridized carbons (Fsp3) is 0.192. The van der Waals surface area contributed by atoms with Crippen LogP contribution in [0.3, 0.4) is 0 Å². The molecular formula is C26H24ClN5O4S. The molecule has 37 heavy (non-hydrogen) atoms. The second-order valence-electron chi connectivity index (χ2n) is 8.43. The van der Waals surface area contributed by atoms with Crippen LogP contribution in [0, 0.1) is 17.0 Å². The van der Waals surface area contributed by atoms with Gasteiger partial charge in [-0.15, -0.1) is 0 Å². The van der Waals surface area contributed by atoms with Crippen LogP contribution in [0.1, 0.15) is 26.3 Å². The Kier molecular flexibility index (Phi) is 8.00. The van der Waals surface area contributed by atoms with Crippen LogP contribution in [-0.2, 0) is 0 Å². The number of halogens is 1. The SMILES string of the molecule is Cc1c(C(=O)NC(=S)Nc2ccc(N3CCN(C(=O)c4ccccc4)CC3)c(Cl)c2)cccc1[N+](=O)[O-]. The summed E-state index contributed by atoms with van der Waals surface area (Å²) < 4.78 is 0. The third kappa shape index (κ3) is 6.04. The van der Waals surface area contributed by atoms with E-state index in [0.717, 1.165) is 5.69 Å². The molecule has 1 saturated heterocycles. The van der Waals surface area contributed by atoms with Gasteiger partial charge in [-0.05, 0) is 55.5 Å². The second-order valence-corrected chi connectivity index (χ2v) is 9.24. The Morgan fingerprint density at radius 2 is 1.70 bits per heavy atom. The summed E-state index contributed by atoms with van der Waals surface area (Å²) in [5.74, 6) is -0.536. The molecule has 0 saturated carbocycles. The maximum Gasteiger partial charge on any atom is 0.273 e. The number of anilines is 2. The first-order chi connectivity index (χ1) is 17.7.